The molecule has 1 aliphatic heterocycles. The molecule has 2 heteroatoms. The summed E-state index contributed by atoms with van der Waals surface area (Å²) in [5.41, 5.74) is 0.0449. The molecule has 0 N–H and O–H groups in total. The van der Waals surface area contributed by atoms with E-state index in [1.54, 1.807) is 0 Å². The van der Waals surface area contributed by atoms with Crippen molar-refractivity contribution in [3.63, 3.8) is 0 Å². The van der Waals surface area contributed by atoms with Crippen molar-refractivity contribution in [2.75, 3.05) is 0 Å². The molecule has 4 unspecified atom stereocenters. The van der Waals surface area contributed by atoms with Crippen molar-refractivity contribution < 1.29 is 9.53 Å². The maximum Gasteiger partial charge on any atom is 0.148 e. The van der Waals surface area contributed by atoms with Crippen LogP contribution in [0, 0.1) is 11.8 Å². The van der Waals surface area contributed by atoms with Crippen molar-refractivity contribution in [2.45, 2.75) is 57.7 Å². The number of aldehydes is 1. The SMILES string of the molecule is CC1CCCC2(CCC(C=O)O2)C1C. The molecule has 1 spiro atoms. The van der Waals surface area contributed by atoms with Gasteiger partial charge in [-0.05, 0) is 31.1 Å². The quantitative estimate of drug-likeness (QED) is 0.602. The summed E-state index contributed by atoms with van der Waals surface area (Å²) in [6, 6.07) is 0. The fourth-order valence-electron chi connectivity index (χ4n) is 3.14. The third-order valence-corrected chi connectivity index (χ3v) is 4.33. The van der Waals surface area contributed by atoms with Crippen LogP contribution in [-0.4, -0.2) is 18.0 Å². The van der Waals surface area contributed by atoms with Crippen LogP contribution in [0.5, 0.6) is 0 Å². The van der Waals surface area contributed by atoms with Gasteiger partial charge < -0.3 is 9.53 Å². The summed E-state index contributed by atoms with van der Waals surface area (Å²) in [6.45, 7) is 4.60. The van der Waals surface area contributed by atoms with Gasteiger partial charge >= 0.3 is 0 Å². The van der Waals surface area contributed by atoms with Crippen LogP contribution in [0.3, 0.4) is 0 Å². The standard InChI is InChI=1S/C12H20O2/c1-9-4-3-6-12(10(9)2)7-5-11(8-13)14-12/h8-11H,3-7H2,1-2H3. The predicted octanol–water partition coefficient (Wildman–Crippen LogP) is 2.56. The second-order valence-corrected chi connectivity index (χ2v) is 5.05. The van der Waals surface area contributed by atoms with E-state index in [2.05, 4.69) is 13.8 Å². The fourth-order valence-corrected chi connectivity index (χ4v) is 3.14. The first-order chi connectivity index (χ1) is 6.68. The Labute approximate surface area is 86.0 Å². The average Bonchev–Trinajstić information content (AvgIpc) is 2.59. The Morgan fingerprint density at radius 2 is 2.07 bits per heavy atom. The minimum Gasteiger partial charge on any atom is -0.364 e. The number of hydrogen-bond acceptors (Lipinski definition) is 2. The van der Waals surface area contributed by atoms with E-state index in [4.69, 9.17) is 4.74 Å². The van der Waals surface area contributed by atoms with Crippen molar-refractivity contribution in [2.24, 2.45) is 11.8 Å². The van der Waals surface area contributed by atoms with E-state index in [1.807, 2.05) is 0 Å². The minimum absolute atomic E-state index is 0.0449. The zero-order chi connectivity index (χ0) is 10.2. The first kappa shape index (κ1) is 10.2. The maximum atomic E-state index is 10.7. The molecule has 0 aromatic heterocycles. The lowest BCUT2D eigenvalue weighted by molar-refractivity contribution is -0.135. The summed E-state index contributed by atoms with van der Waals surface area (Å²) in [4.78, 5) is 10.7. The largest absolute Gasteiger partial charge is 0.364 e. The van der Waals surface area contributed by atoms with Crippen LogP contribution in [0.4, 0.5) is 0 Å². The van der Waals surface area contributed by atoms with Gasteiger partial charge in [-0.1, -0.05) is 26.7 Å². The Bertz CT molecular complexity index is 226. The van der Waals surface area contributed by atoms with Crippen LogP contribution in [0.2, 0.25) is 0 Å². The normalized spacial score (nSPS) is 48.3. The third-order valence-electron chi connectivity index (χ3n) is 4.33. The van der Waals surface area contributed by atoms with Gasteiger partial charge in [0.15, 0.2) is 0 Å². The average molecular weight is 196 g/mol. The highest BCUT2D eigenvalue weighted by molar-refractivity contribution is 5.56. The number of hydrogen-bond donors (Lipinski definition) is 0. The summed E-state index contributed by atoms with van der Waals surface area (Å²) in [5.74, 6) is 1.36. The maximum absolute atomic E-state index is 10.7. The van der Waals surface area contributed by atoms with Crippen LogP contribution < -0.4 is 0 Å². The van der Waals surface area contributed by atoms with Gasteiger partial charge in [0, 0.05) is 0 Å². The Morgan fingerprint density at radius 1 is 1.29 bits per heavy atom. The first-order valence-electron chi connectivity index (χ1n) is 5.81. The Hall–Kier alpha value is -0.370. The molecule has 2 aliphatic rings. The Kier molecular flexibility index (Phi) is 2.65. The number of ether oxygens (including phenoxy) is 1. The monoisotopic (exact) mass is 196 g/mol. The van der Waals surface area contributed by atoms with Crippen LogP contribution in [0.15, 0.2) is 0 Å². The lowest BCUT2D eigenvalue weighted by Gasteiger charge is -2.42. The molecule has 2 rings (SSSR count). The topological polar surface area (TPSA) is 26.3 Å². The fraction of sp³-hybridized carbons (Fsp3) is 0.917. The van der Waals surface area contributed by atoms with E-state index in [9.17, 15) is 4.79 Å². The second-order valence-electron chi connectivity index (χ2n) is 5.05. The van der Waals surface area contributed by atoms with E-state index >= 15 is 0 Å². The van der Waals surface area contributed by atoms with Crippen LogP contribution in [0.25, 0.3) is 0 Å². The first-order valence-corrected chi connectivity index (χ1v) is 5.81. The zero-order valence-corrected chi connectivity index (χ0v) is 9.16. The van der Waals surface area contributed by atoms with Gasteiger partial charge in [-0.15, -0.1) is 0 Å². The predicted molar refractivity (Wildman–Crippen MR) is 55.1 cm³/mol. The lowest BCUT2D eigenvalue weighted by Crippen LogP contribution is -2.43. The molecule has 0 aromatic rings. The van der Waals surface area contributed by atoms with Gasteiger partial charge in [-0.2, -0.15) is 0 Å². The molecule has 0 bridgehead atoms. The highest BCUT2D eigenvalue weighted by atomic mass is 16.5. The molecular weight excluding hydrogens is 176 g/mol. The molecular formula is C12H20O2. The van der Waals surface area contributed by atoms with Gasteiger partial charge in [0.2, 0.25) is 0 Å². The van der Waals surface area contributed by atoms with Crippen molar-refractivity contribution in [3.8, 4) is 0 Å². The summed E-state index contributed by atoms with van der Waals surface area (Å²) >= 11 is 0. The number of rotatable bonds is 1. The van der Waals surface area contributed by atoms with E-state index in [0.717, 1.165) is 31.5 Å². The summed E-state index contributed by atoms with van der Waals surface area (Å²) in [7, 11) is 0. The Morgan fingerprint density at radius 3 is 2.71 bits per heavy atom. The smallest absolute Gasteiger partial charge is 0.148 e. The molecule has 1 saturated heterocycles. The molecule has 0 aromatic carbocycles. The van der Waals surface area contributed by atoms with E-state index in [1.165, 1.54) is 12.8 Å². The van der Waals surface area contributed by atoms with Crippen molar-refractivity contribution in [1.29, 1.82) is 0 Å². The molecule has 80 valence electrons. The molecule has 0 radical (unpaired) electrons. The van der Waals surface area contributed by atoms with E-state index in [-0.39, 0.29) is 11.7 Å². The van der Waals surface area contributed by atoms with Crippen molar-refractivity contribution >= 4 is 6.29 Å². The summed E-state index contributed by atoms with van der Waals surface area (Å²) < 4.78 is 5.95. The van der Waals surface area contributed by atoms with Crippen LogP contribution >= 0.6 is 0 Å². The van der Waals surface area contributed by atoms with Gasteiger partial charge in [0.05, 0.1) is 5.60 Å². The molecule has 2 nitrogen and oxygen atoms in total. The highest BCUT2D eigenvalue weighted by Crippen LogP contribution is 2.47. The lowest BCUT2D eigenvalue weighted by atomic mass is 9.69. The molecule has 2 fully saturated rings. The number of carbonyl (C=O) groups excluding carboxylic acids is 1. The summed E-state index contributed by atoms with van der Waals surface area (Å²) in [6.07, 6.45) is 6.60. The molecule has 1 aliphatic carbocycles. The molecule has 0 amide bonds. The third kappa shape index (κ3) is 1.50. The van der Waals surface area contributed by atoms with Gasteiger partial charge in [-0.3, -0.25) is 0 Å². The summed E-state index contributed by atoms with van der Waals surface area (Å²) in [5, 5.41) is 0. The van der Waals surface area contributed by atoms with E-state index in [0.29, 0.717) is 5.92 Å². The molecule has 4 atom stereocenters. The van der Waals surface area contributed by atoms with Gasteiger partial charge in [0.1, 0.15) is 12.4 Å². The van der Waals surface area contributed by atoms with E-state index < -0.39 is 0 Å². The van der Waals surface area contributed by atoms with Crippen LogP contribution in [-0.2, 0) is 9.53 Å². The Balaban J connectivity index is 2.11. The number of carbonyl (C=O) groups is 1. The molecule has 1 heterocycles. The zero-order valence-electron chi connectivity index (χ0n) is 9.16. The van der Waals surface area contributed by atoms with Crippen molar-refractivity contribution in [1.82, 2.24) is 0 Å². The highest BCUT2D eigenvalue weighted by Gasteiger charge is 2.47. The van der Waals surface area contributed by atoms with Gasteiger partial charge in [0.25, 0.3) is 0 Å². The molecule has 1 saturated carbocycles. The van der Waals surface area contributed by atoms with Crippen LogP contribution in [0.1, 0.15) is 46.0 Å². The minimum atomic E-state index is -0.122. The van der Waals surface area contributed by atoms with Crippen molar-refractivity contribution in [3.05, 3.63) is 0 Å². The second kappa shape index (κ2) is 3.65. The molecule has 14 heavy (non-hydrogen) atoms. The van der Waals surface area contributed by atoms with Gasteiger partial charge in [-0.25, -0.2) is 0 Å².